The van der Waals surface area contributed by atoms with Crippen molar-refractivity contribution in [3.63, 3.8) is 0 Å². The van der Waals surface area contributed by atoms with Gasteiger partial charge in [-0.1, -0.05) is 17.3 Å². The smallest absolute Gasteiger partial charge is 0.336 e. The van der Waals surface area contributed by atoms with E-state index >= 15 is 0 Å². The summed E-state index contributed by atoms with van der Waals surface area (Å²) < 4.78 is 0. The van der Waals surface area contributed by atoms with Gasteiger partial charge in [-0.15, -0.1) is 11.8 Å². The van der Waals surface area contributed by atoms with Crippen LogP contribution in [-0.4, -0.2) is 32.7 Å². The summed E-state index contributed by atoms with van der Waals surface area (Å²) in [6.07, 6.45) is 0. The Hall–Kier alpha value is -2.87. The van der Waals surface area contributed by atoms with Gasteiger partial charge in [-0.3, -0.25) is 10.1 Å². The molecule has 0 saturated carbocycles. The average molecular weight is 332 g/mol. The lowest BCUT2D eigenvalue weighted by molar-refractivity contribution is -0.384. The number of non-ortho nitro benzene ring substituents is 1. The second-order valence-corrected chi connectivity index (χ2v) is 5.46. The van der Waals surface area contributed by atoms with Crippen LogP contribution in [0.5, 0.6) is 0 Å². The average Bonchev–Trinajstić information content (AvgIpc) is 2.56. The summed E-state index contributed by atoms with van der Waals surface area (Å²) in [6, 6.07) is 12.1. The number of benzene rings is 2. The predicted octanol–water partition coefficient (Wildman–Crippen LogP) is 3.26. The monoisotopic (exact) mass is 332 g/mol. The Balaban J connectivity index is 2.15. The van der Waals surface area contributed by atoms with Gasteiger partial charge < -0.3 is 10.3 Å². The number of rotatable bonds is 6. The summed E-state index contributed by atoms with van der Waals surface area (Å²) in [4.78, 5) is 21.8. The summed E-state index contributed by atoms with van der Waals surface area (Å²) >= 11 is 1.21. The molecule has 8 heteroatoms. The fraction of sp³-hybridized carbons (Fsp3) is 0.0667. The van der Waals surface area contributed by atoms with E-state index in [0.29, 0.717) is 16.2 Å². The molecule has 0 heterocycles. The van der Waals surface area contributed by atoms with Crippen LogP contribution in [0, 0.1) is 10.1 Å². The molecule has 0 bridgehead atoms. The quantitative estimate of drug-likeness (QED) is 0.276. The molecule has 2 aromatic carbocycles. The Morgan fingerprint density at radius 1 is 1.17 bits per heavy atom. The molecule has 0 fully saturated rings. The van der Waals surface area contributed by atoms with Crippen molar-refractivity contribution >= 4 is 29.1 Å². The Morgan fingerprint density at radius 3 is 2.39 bits per heavy atom. The number of thioether (sulfide) groups is 1. The first kappa shape index (κ1) is 16.5. The van der Waals surface area contributed by atoms with E-state index in [9.17, 15) is 14.9 Å². The Labute approximate surface area is 135 Å². The number of carbonyl (C=O) groups is 1. The summed E-state index contributed by atoms with van der Waals surface area (Å²) in [7, 11) is 0. The predicted molar refractivity (Wildman–Crippen MR) is 85.5 cm³/mol. The molecule has 0 atom stereocenters. The molecule has 2 N–H and O–H groups in total. The molecule has 0 aliphatic heterocycles. The summed E-state index contributed by atoms with van der Waals surface area (Å²) in [6.45, 7) is 0. The topological polar surface area (TPSA) is 113 Å². The van der Waals surface area contributed by atoms with Crippen molar-refractivity contribution in [3.05, 3.63) is 69.8 Å². The van der Waals surface area contributed by atoms with Crippen LogP contribution < -0.4 is 0 Å². The molecule has 0 aromatic heterocycles. The molecule has 0 spiro atoms. The van der Waals surface area contributed by atoms with E-state index in [0.717, 1.165) is 0 Å². The first-order valence-corrected chi connectivity index (χ1v) is 7.42. The lowest BCUT2D eigenvalue weighted by Gasteiger charge is -2.07. The van der Waals surface area contributed by atoms with Gasteiger partial charge in [0.2, 0.25) is 0 Å². The normalized spacial score (nSPS) is 11.2. The highest BCUT2D eigenvalue weighted by Crippen LogP contribution is 2.24. The van der Waals surface area contributed by atoms with Gasteiger partial charge in [-0.05, 0) is 24.3 Å². The van der Waals surface area contributed by atoms with Gasteiger partial charge in [-0.2, -0.15) is 0 Å². The van der Waals surface area contributed by atoms with Crippen LogP contribution in [0.15, 0.2) is 58.6 Å². The summed E-state index contributed by atoms with van der Waals surface area (Å²) in [5.41, 5.74) is 0.928. The number of aromatic carboxylic acids is 1. The van der Waals surface area contributed by atoms with E-state index in [2.05, 4.69) is 5.16 Å². The lowest BCUT2D eigenvalue weighted by atomic mass is 10.1. The van der Waals surface area contributed by atoms with E-state index in [1.807, 2.05) is 0 Å². The van der Waals surface area contributed by atoms with Crippen LogP contribution in [-0.2, 0) is 0 Å². The molecule has 0 amide bonds. The molecule has 0 saturated heterocycles. The van der Waals surface area contributed by atoms with Gasteiger partial charge in [0.25, 0.3) is 5.69 Å². The standard InChI is InChI=1S/C15H12N2O5S/c18-15(19)12-3-1-2-4-14(12)23-9-13(16-20)10-5-7-11(8-6-10)17(21)22/h1-8,20H,9H2,(H,18,19). The minimum atomic E-state index is -1.04. The van der Waals surface area contributed by atoms with Gasteiger partial charge in [0.1, 0.15) is 0 Å². The molecule has 2 rings (SSSR count). The minimum Gasteiger partial charge on any atom is -0.478 e. The van der Waals surface area contributed by atoms with Crippen molar-refractivity contribution in [2.24, 2.45) is 5.16 Å². The zero-order valence-electron chi connectivity index (χ0n) is 11.7. The van der Waals surface area contributed by atoms with Crippen LogP contribution in [0.3, 0.4) is 0 Å². The molecule has 2 aromatic rings. The zero-order valence-corrected chi connectivity index (χ0v) is 12.6. The molecule has 0 aliphatic rings. The zero-order chi connectivity index (χ0) is 16.8. The van der Waals surface area contributed by atoms with Crippen molar-refractivity contribution in [2.75, 3.05) is 5.75 Å². The fourth-order valence-corrected chi connectivity index (χ4v) is 2.86. The van der Waals surface area contributed by atoms with Crippen molar-refractivity contribution in [2.45, 2.75) is 4.90 Å². The summed E-state index contributed by atoms with van der Waals surface area (Å²) in [5, 5.41) is 32.1. The number of nitro benzene ring substituents is 1. The summed E-state index contributed by atoms with van der Waals surface area (Å²) in [5.74, 6) is -0.815. The fourth-order valence-electron chi connectivity index (χ4n) is 1.86. The molecule has 0 aliphatic carbocycles. The largest absolute Gasteiger partial charge is 0.478 e. The van der Waals surface area contributed by atoms with Crippen molar-refractivity contribution in [1.29, 1.82) is 0 Å². The number of carboxylic acids is 1. The number of oxime groups is 1. The highest BCUT2D eigenvalue weighted by Gasteiger charge is 2.13. The van der Waals surface area contributed by atoms with Crippen LogP contribution in [0.1, 0.15) is 15.9 Å². The third kappa shape index (κ3) is 4.07. The second-order valence-electron chi connectivity index (χ2n) is 4.44. The molecular formula is C15H12N2O5S. The van der Waals surface area contributed by atoms with Crippen molar-refractivity contribution in [3.8, 4) is 0 Å². The van der Waals surface area contributed by atoms with E-state index in [-0.39, 0.29) is 17.0 Å². The van der Waals surface area contributed by atoms with E-state index in [4.69, 9.17) is 10.3 Å². The van der Waals surface area contributed by atoms with Gasteiger partial charge >= 0.3 is 5.97 Å². The Kier molecular flexibility index (Phi) is 5.32. The molecule has 7 nitrogen and oxygen atoms in total. The lowest BCUT2D eigenvalue weighted by Crippen LogP contribution is -2.06. The maximum absolute atomic E-state index is 11.2. The Bertz CT molecular complexity index is 759. The van der Waals surface area contributed by atoms with E-state index < -0.39 is 10.9 Å². The molecule has 0 unspecified atom stereocenters. The van der Waals surface area contributed by atoms with Gasteiger partial charge in [-0.25, -0.2) is 4.79 Å². The number of nitrogens with zero attached hydrogens (tertiary/aromatic N) is 2. The van der Waals surface area contributed by atoms with Crippen LogP contribution in [0.4, 0.5) is 5.69 Å². The second kappa shape index (κ2) is 7.41. The molecule has 23 heavy (non-hydrogen) atoms. The van der Waals surface area contributed by atoms with Crippen molar-refractivity contribution < 1.29 is 20.0 Å². The minimum absolute atomic E-state index is 0.0603. The number of carboxylic acid groups (broad SMARTS) is 1. The third-order valence-electron chi connectivity index (χ3n) is 3.01. The van der Waals surface area contributed by atoms with Crippen LogP contribution in [0.2, 0.25) is 0 Å². The Morgan fingerprint density at radius 2 is 1.83 bits per heavy atom. The molecule has 118 valence electrons. The molecular weight excluding hydrogens is 320 g/mol. The maximum Gasteiger partial charge on any atom is 0.336 e. The maximum atomic E-state index is 11.2. The molecule has 0 radical (unpaired) electrons. The van der Waals surface area contributed by atoms with Crippen molar-refractivity contribution in [1.82, 2.24) is 0 Å². The highest BCUT2D eigenvalue weighted by molar-refractivity contribution is 8.00. The number of nitro groups is 1. The van der Waals surface area contributed by atoms with Crippen LogP contribution in [0.25, 0.3) is 0 Å². The van der Waals surface area contributed by atoms with Gasteiger partial charge in [0, 0.05) is 28.3 Å². The third-order valence-corrected chi connectivity index (χ3v) is 4.10. The number of hydrogen-bond acceptors (Lipinski definition) is 6. The first-order chi connectivity index (χ1) is 11.0. The number of hydrogen-bond donors (Lipinski definition) is 2. The SMILES string of the molecule is O=C(O)c1ccccc1SCC(=NO)c1ccc([N+](=O)[O-])cc1. The van der Waals surface area contributed by atoms with E-state index in [1.165, 1.54) is 42.1 Å². The first-order valence-electron chi connectivity index (χ1n) is 6.44. The van der Waals surface area contributed by atoms with Crippen LogP contribution >= 0.6 is 11.8 Å². The van der Waals surface area contributed by atoms with Gasteiger partial charge in [0.05, 0.1) is 16.2 Å². The van der Waals surface area contributed by atoms with E-state index in [1.54, 1.807) is 18.2 Å². The van der Waals surface area contributed by atoms with Gasteiger partial charge in [0.15, 0.2) is 0 Å². The highest BCUT2D eigenvalue weighted by atomic mass is 32.2.